The third kappa shape index (κ3) is 5.28. The van der Waals surface area contributed by atoms with E-state index >= 15 is 0 Å². The standard InChI is InChI=1S/C30H35F4N7O2/c1-15(2)41-23(5-6-35-41)28(43)39-27(18-8-20-21(9-18)30(20,33)34)22-14-40-24(37-22)10-19(13-36-40)26(17-3-4-17)38-25(42)7-16-11-29(31,32)12-16/h5-6,10,13-18,20-21,26-27H,3-4,7-9,11-12H2,1-2H3,(H,38,42)(H,39,43)/t18-,20-,21+,26-,27+/m1/s1. The van der Waals surface area contributed by atoms with Crippen molar-refractivity contribution in [3.63, 3.8) is 0 Å². The molecular formula is C30H35F4N7O2. The molecule has 0 bridgehead atoms. The highest BCUT2D eigenvalue weighted by Gasteiger charge is 2.72. The normalized spacial score (nSPS) is 27.0. The molecule has 4 fully saturated rings. The SMILES string of the molecule is CC(C)n1nccc1C(=O)N[C@H](c1cn2ncc([C@H](NC(=O)CC3CC(F)(F)C3)C3CC3)cc2n1)[C@@H]1C[C@@H]2[C@H](C1)C2(F)F. The molecule has 0 aliphatic heterocycles. The van der Waals surface area contributed by atoms with Crippen LogP contribution in [0.15, 0.2) is 30.7 Å². The van der Waals surface area contributed by atoms with Gasteiger partial charge in [-0.15, -0.1) is 0 Å². The van der Waals surface area contributed by atoms with Crippen LogP contribution in [-0.2, 0) is 4.79 Å². The van der Waals surface area contributed by atoms with Crippen LogP contribution in [0.2, 0.25) is 0 Å². The van der Waals surface area contributed by atoms with E-state index in [9.17, 15) is 27.2 Å². The molecule has 9 nitrogen and oxygen atoms in total. The van der Waals surface area contributed by atoms with Crippen molar-refractivity contribution in [3.8, 4) is 0 Å². The molecule has 13 heteroatoms. The van der Waals surface area contributed by atoms with Gasteiger partial charge in [0.15, 0.2) is 5.65 Å². The quantitative estimate of drug-likeness (QED) is 0.308. The second kappa shape index (κ2) is 10.0. The van der Waals surface area contributed by atoms with Gasteiger partial charge in [-0.2, -0.15) is 10.2 Å². The molecule has 2 amide bonds. The molecule has 3 aromatic heterocycles. The molecule has 43 heavy (non-hydrogen) atoms. The Morgan fingerprint density at radius 1 is 1.02 bits per heavy atom. The number of imidazole rings is 1. The molecule has 7 rings (SSSR count). The number of amides is 2. The Bertz CT molecular complexity index is 1540. The first-order valence-corrected chi connectivity index (χ1v) is 15.1. The minimum atomic E-state index is -2.67. The van der Waals surface area contributed by atoms with Crippen LogP contribution < -0.4 is 10.6 Å². The zero-order chi connectivity index (χ0) is 30.3. The van der Waals surface area contributed by atoms with Crippen LogP contribution in [0, 0.1) is 29.6 Å². The highest BCUT2D eigenvalue weighted by molar-refractivity contribution is 5.92. The summed E-state index contributed by atoms with van der Waals surface area (Å²) >= 11 is 0. The molecule has 4 saturated carbocycles. The Morgan fingerprint density at radius 3 is 2.40 bits per heavy atom. The number of carbonyl (C=O) groups is 2. The van der Waals surface area contributed by atoms with Crippen molar-refractivity contribution in [2.45, 2.75) is 88.8 Å². The Labute approximate surface area is 245 Å². The number of aromatic nitrogens is 5. The molecule has 0 saturated heterocycles. The Hall–Kier alpha value is -3.51. The smallest absolute Gasteiger partial charge is 0.270 e. The molecule has 3 aromatic rings. The lowest BCUT2D eigenvalue weighted by atomic mass is 9.79. The molecule has 4 aliphatic rings. The van der Waals surface area contributed by atoms with Crippen molar-refractivity contribution < 1.29 is 27.2 Å². The summed E-state index contributed by atoms with van der Waals surface area (Å²) in [7, 11) is 0. The van der Waals surface area contributed by atoms with Gasteiger partial charge in [-0.1, -0.05) is 0 Å². The average Bonchev–Trinajstić information content (AvgIpc) is 3.54. The van der Waals surface area contributed by atoms with Gasteiger partial charge in [0.2, 0.25) is 11.8 Å². The molecule has 5 atom stereocenters. The van der Waals surface area contributed by atoms with Crippen LogP contribution >= 0.6 is 0 Å². The van der Waals surface area contributed by atoms with Gasteiger partial charge in [-0.3, -0.25) is 14.3 Å². The van der Waals surface area contributed by atoms with Crippen molar-refractivity contribution in [3.05, 3.63) is 47.7 Å². The summed E-state index contributed by atoms with van der Waals surface area (Å²) in [5.74, 6) is -7.54. The van der Waals surface area contributed by atoms with Crippen molar-refractivity contribution in [2.24, 2.45) is 29.6 Å². The second-order valence-electron chi connectivity index (χ2n) is 13.3. The Kier molecular flexibility index (Phi) is 6.59. The van der Waals surface area contributed by atoms with E-state index in [1.807, 2.05) is 19.9 Å². The van der Waals surface area contributed by atoms with Gasteiger partial charge < -0.3 is 10.6 Å². The lowest BCUT2D eigenvalue weighted by Gasteiger charge is -2.34. The van der Waals surface area contributed by atoms with Crippen LogP contribution in [0.3, 0.4) is 0 Å². The summed E-state index contributed by atoms with van der Waals surface area (Å²) in [5, 5.41) is 14.9. The van der Waals surface area contributed by atoms with Crippen LogP contribution in [0.1, 0.15) is 98.7 Å². The topological polar surface area (TPSA) is 106 Å². The van der Waals surface area contributed by atoms with Gasteiger partial charge in [0.1, 0.15) is 5.69 Å². The number of fused-ring (bicyclic) bond motifs is 2. The van der Waals surface area contributed by atoms with Crippen LogP contribution in [0.5, 0.6) is 0 Å². The van der Waals surface area contributed by atoms with E-state index < -0.39 is 29.7 Å². The predicted molar refractivity (Wildman–Crippen MR) is 146 cm³/mol. The average molecular weight is 602 g/mol. The summed E-state index contributed by atoms with van der Waals surface area (Å²) in [4.78, 5) is 30.9. The number of nitrogens with zero attached hydrogens (tertiary/aromatic N) is 5. The first-order chi connectivity index (χ1) is 20.4. The van der Waals surface area contributed by atoms with E-state index in [2.05, 4.69) is 20.8 Å². The zero-order valence-corrected chi connectivity index (χ0v) is 24.0. The number of alkyl halides is 4. The first-order valence-electron chi connectivity index (χ1n) is 15.1. The van der Waals surface area contributed by atoms with Crippen LogP contribution in [0.4, 0.5) is 17.6 Å². The van der Waals surface area contributed by atoms with Gasteiger partial charge >= 0.3 is 0 Å². The maximum Gasteiger partial charge on any atom is 0.270 e. The van der Waals surface area contributed by atoms with Gasteiger partial charge in [0.05, 0.1) is 30.2 Å². The molecule has 4 aliphatic carbocycles. The number of hydrogen-bond donors (Lipinski definition) is 2. The summed E-state index contributed by atoms with van der Waals surface area (Å²) in [6.07, 6.45) is 6.96. The summed E-state index contributed by atoms with van der Waals surface area (Å²) in [6, 6.07) is 2.52. The number of halogens is 4. The second-order valence-corrected chi connectivity index (χ2v) is 13.3. The van der Waals surface area contributed by atoms with Crippen molar-refractivity contribution >= 4 is 17.5 Å². The molecular weight excluding hydrogens is 566 g/mol. The number of carbonyl (C=O) groups excluding carboxylic acids is 2. The monoisotopic (exact) mass is 601 g/mol. The van der Waals surface area contributed by atoms with E-state index in [0.717, 1.165) is 18.4 Å². The Balaban J connectivity index is 1.12. The Morgan fingerprint density at radius 2 is 1.74 bits per heavy atom. The van der Waals surface area contributed by atoms with Gasteiger partial charge in [0.25, 0.3) is 11.8 Å². The lowest BCUT2D eigenvalue weighted by molar-refractivity contribution is -0.134. The number of nitrogens with one attached hydrogen (secondary N) is 2. The fourth-order valence-electron chi connectivity index (χ4n) is 7.23. The molecule has 3 heterocycles. The maximum absolute atomic E-state index is 14.1. The third-order valence-corrected chi connectivity index (χ3v) is 9.73. The minimum Gasteiger partial charge on any atom is -0.349 e. The van der Waals surface area contributed by atoms with E-state index in [1.54, 1.807) is 33.9 Å². The summed E-state index contributed by atoms with van der Waals surface area (Å²) < 4.78 is 57.9. The molecule has 0 radical (unpaired) electrons. The largest absolute Gasteiger partial charge is 0.349 e. The predicted octanol–water partition coefficient (Wildman–Crippen LogP) is 5.27. The van der Waals surface area contributed by atoms with E-state index in [1.165, 1.54) is 0 Å². The van der Waals surface area contributed by atoms with E-state index in [-0.39, 0.29) is 60.9 Å². The summed E-state index contributed by atoms with van der Waals surface area (Å²) in [6.45, 7) is 3.84. The molecule has 230 valence electrons. The van der Waals surface area contributed by atoms with Gasteiger partial charge in [0, 0.05) is 43.3 Å². The fourth-order valence-corrected chi connectivity index (χ4v) is 7.23. The highest BCUT2D eigenvalue weighted by atomic mass is 19.3. The fraction of sp³-hybridized carbons (Fsp3) is 0.633. The van der Waals surface area contributed by atoms with E-state index in [0.29, 0.717) is 29.9 Å². The van der Waals surface area contributed by atoms with E-state index in [4.69, 9.17) is 4.98 Å². The molecule has 0 spiro atoms. The first kappa shape index (κ1) is 28.3. The zero-order valence-electron chi connectivity index (χ0n) is 24.0. The lowest BCUT2D eigenvalue weighted by Crippen LogP contribution is -2.39. The molecule has 2 N–H and O–H groups in total. The van der Waals surface area contributed by atoms with Crippen molar-refractivity contribution in [1.82, 2.24) is 35.0 Å². The molecule has 0 unspecified atom stereocenters. The van der Waals surface area contributed by atoms with Gasteiger partial charge in [-0.25, -0.2) is 27.1 Å². The number of rotatable bonds is 10. The van der Waals surface area contributed by atoms with Crippen LogP contribution in [0.25, 0.3) is 5.65 Å². The van der Waals surface area contributed by atoms with Crippen molar-refractivity contribution in [1.29, 1.82) is 0 Å². The summed E-state index contributed by atoms with van der Waals surface area (Å²) in [5.41, 5.74) is 2.18. The molecule has 0 aromatic carbocycles. The highest BCUT2D eigenvalue weighted by Crippen LogP contribution is 2.67. The minimum absolute atomic E-state index is 0.0422. The van der Waals surface area contributed by atoms with Crippen molar-refractivity contribution in [2.75, 3.05) is 0 Å². The van der Waals surface area contributed by atoms with Gasteiger partial charge in [-0.05, 0) is 75.0 Å². The van der Waals surface area contributed by atoms with Crippen LogP contribution in [-0.4, -0.2) is 48.0 Å². The number of hydrogen-bond acceptors (Lipinski definition) is 5. The third-order valence-electron chi connectivity index (χ3n) is 9.73. The maximum atomic E-state index is 14.1.